The lowest BCUT2D eigenvalue weighted by Gasteiger charge is -2.09. The monoisotopic (exact) mass is 201 g/mol. The molecule has 0 aliphatic heterocycles. The second kappa shape index (κ2) is 3.50. The number of nitrogen functional groups attached to an aromatic ring is 1. The Labute approximate surface area is 89.4 Å². The van der Waals surface area contributed by atoms with E-state index in [1.54, 1.807) is 6.20 Å². The third-order valence-corrected chi connectivity index (χ3v) is 2.59. The zero-order valence-electron chi connectivity index (χ0n) is 9.28. The molecule has 2 heterocycles. The summed E-state index contributed by atoms with van der Waals surface area (Å²) < 4.78 is 0. The molecular weight excluding hydrogens is 186 g/mol. The maximum Gasteiger partial charge on any atom is 0.131 e. The molecule has 2 aromatic rings. The van der Waals surface area contributed by atoms with E-state index in [0.717, 1.165) is 22.2 Å². The number of anilines is 1. The molecule has 0 amide bonds. The first-order valence-electron chi connectivity index (χ1n) is 5.11. The molecular formula is C12H15N3. The van der Waals surface area contributed by atoms with Crippen molar-refractivity contribution in [3.8, 4) is 0 Å². The van der Waals surface area contributed by atoms with E-state index in [0.29, 0.717) is 11.7 Å². The van der Waals surface area contributed by atoms with Crippen molar-refractivity contribution < 1.29 is 0 Å². The van der Waals surface area contributed by atoms with E-state index in [4.69, 9.17) is 5.73 Å². The third kappa shape index (κ3) is 1.65. The highest BCUT2D eigenvalue weighted by molar-refractivity contribution is 5.92. The van der Waals surface area contributed by atoms with Gasteiger partial charge in [-0.25, -0.2) is 4.98 Å². The molecule has 0 aliphatic rings. The molecule has 0 fully saturated rings. The third-order valence-electron chi connectivity index (χ3n) is 2.59. The molecule has 0 aliphatic carbocycles. The summed E-state index contributed by atoms with van der Waals surface area (Å²) in [5.74, 6) is 0.993. The van der Waals surface area contributed by atoms with Gasteiger partial charge in [0.25, 0.3) is 0 Å². The van der Waals surface area contributed by atoms with Gasteiger partial charge >= 0.3 is 0 Å². The van der Waals surface area contributed by atoms with Gasteiger partial charge in [0.15, 0.2) is 0 Å². The first-order chi connectivity index (χ1) is 7.09. The lowest BCUT2D eigenvalue weighted by atomic mass is 10.0. The second-order valence-electron chi connectivity index (χ2n) is 4.08. The van der Waals surface area contributed by atoms with Crippen LogP contribution in [0.4, 0.5) is 5.82 Å². The van der Waals surface area contributed by atoms with Crippen LogP contribution in [0.3, 0.4) is 0 Å². The minimum Gasteiger partial charge on any atom is -0.383 e. The van der Waals surface area contributed by atoms with Crippen LogP contribution in [0.1, 0.15) is 31.2 Å². The van der Waals surface area contributed by atoms with E-state index >= 15 is 0 Å². The number of rotatable bonds is 1. The van der Waals surface area contributed by atoms with E-state index in [-0.39, 0.29) is 0 Å². The van der Waals surface area contributed by atoms with Crippen molar-refractivity contribution in [2.75, 3.05) is 5.73 Å². The van der Waals surface area contributed by atoms with Crippen molar-refractivity contribution in [3.63, 3.8) is 0 Å². The van der Waals surface area contributed by atoms with Crippen molar-refractivity contribution >= 4 is 16.6 Å². The Bertz CT molecular complexity index is 503. The van der Waals surface area contributed by atoms with Gasteiger partial charge in [0.2, 0.25) is 0 Å². The second-order valence-corrected chi connectivity index (χ2v) is 4.08. The Balaban J connectivity index is 2.80. The Hall–Kier alpha value is -1.64. The highest BCUT2D eigenvalue weighted by atomic mass is 14.8. The van der Waals surface area contributed by atoms with E-state index < -0.39 is 0 Å². The van der Waals surface area contributed by atoms with Crippen LogP contribution in [0.25, 0.3) is 10.8 Å². The summed E-state index contributed by atoms with van der Waals surface area (Å²) in [5, 5.41) is 2.10. The van der Waals surface area contributed by atoms with Gasteiger partial charge in [-0.1, -0.05) is 13.8 Å². The zero-order valence-corrected chi connectivity index (χ0v) is 9.28. The number of nitrogens with two attached hydrogens (primary N) is 1. The van der Waals surface area contributed by atoms with Crippen LogP contribution < -0.4 is 5.73 Å². The van der Waals surface area contributed by atoms with Crippen LogP contribution in [-0.4, -0.2) is 9.97 Å². The summed E-state index contributed by atoms with van der Waals surface area (Å²) in [7, 11) is 0. The van der Waals surface area contributed by atoms with Crippen LogP contribution in [0.15, 0.2) is 18.3 Å². The first-order valence-corrected chi connectivity index (χ1v) is 5.11. The quantitative estimate of drug-likeness (QED) is 0.771. The molecule has 2 N–H and O–H groups in total. The average Bonchev–Trinajstić information content (AvgIpc) is 2.19. The molecule has 2 rings (SSSR count). The van der Waals surface area contributed by atoms with Gasteiger partial charge in [-0.15, -0.1) is 0 Å². The average molecular weight is 201 g/mol. The van der Waals surface area contributed by atoms with Crippen LogP contribution in [-0.2, 0) is 0 Å². The molecule has 2 aromatic heterocycles. The number of hydrogen-bond donors (Lipinski definition) is 1. The summed E-state index contributed by atoms with van der Waals surface area (Å²) in [6.45, 7) is 6.26. The van der Waals surface area contributed by atoms with Crippen LogP contribution in [0, 0.1) is 6.92 Å². The fraction of sp³-hybridized carbons (Fsp3) is 0.333. The number of pyridine rings is 2. The molecule has 0 saturated heterocycles. The van der Waals surface area contributed by atoms with E-state index in [9.17, 15) is 0 Å². The van der Waals surface area contributed by atoms with Crippen molar-refractivity contribution in [3.05, 3.63) is 29.7 Å². The fourth-order valence-electron chi connectivity index (χ4n) is 1.69. The molecule has 3 heteroatoms. The smallest absolute Gasteiger partial charge is 0.131 e. The predicted octanol–water partition coefficient (Wildman–Crippen LogP) is 2.64. The van der Waals surface area contributed by atoms with Crippen molar-refractivity contribution in [2.24, 2.45) is 0 Å². The van der Waals surface area contributed by atoms with E-state index in [1.807, 2.05) is 19.1 Å². The maximum atomic E-state index is 5.86. The van der Waals surface area contributed by atoms with Gasteiger partial charge in [-0.05, 0) is 25.0 Å². The molecule has 3 nitrogen and oxygen atoms in total. The van der Waals surface area contributed by atoms with Gasteiger partial charge in [-0.2, -0.15) is 0 Å². The first kappa shape index (κ1) is 9.90. The van der Waals surface area contributed by atoms with Crippen LogP contribution >= 0.6 is 0 Å². The van der Waals surface area contributed by atoms with E-state index in [1.165, 1.54) is 0 Å². The van der Waals surface area contributed by atoms with Gasteiger partial charge < -0.3 is 5.73 Å². The molecule has 0 bridgehead atoms. The Morgan fingerprint density at radius 3 is 2.67 bits per heavy atom. The predicted molar refractivity (Wildman–Crippen MR) is 62.8 cm³/mol. The minimum absolute atomic E-state index is 0.410. The van der Waals surface area contributed by atoms with Gasteiger partial charge in [0.05, 0.1) is 0 Å². The lowest BCUT2D eigenvalue weighted by Crippen LogP contribution is -1.99. The molecule has 0 aromatic carbocycles. The maximum absolute atomic E-state index is 5.86. The summed E-state index contributed by atoms with van der Waals surface area (Å²) >= 11 is 0. The Morgan fingerprint density at radius 2 is 2.00 bits per heavy atom. The largest absolute Gasteiger partial charge is 0.383 e. The molecule has 0 atom stereocenters. The zero-order chi connectivity index (χ0) is 11.0. The molecule has 0 saturated carbocycles. The Kier molecular flexibility index (Phi) is 2.31. The van der Waals surface area contributed by atoms with E-state index in [2.05, 4.69) is 23.8 Å². The molecule has 0 unspecified atom stereocenters. The number of nitrogens with zero attached hydrogens (tertiary/aromatic N) is 2. The van der Waals surface area contributed by atoms with Crippen molar-refractivity contribution in [1.82, 2.24) is 9.97 Å². The Morgan fingerprint density at radius 1 is 1.27 bits per heavy atom. The van der Waals surface area contributed by atoms with Gasteiger partial charge in [-0.3, -0.25) is 4.98 Å². The highest BCUT2D eigenvalue weighted by Gasteiger charge is 2.07. The number of hydrogen-bond acceptors (Lipinski definition) is 3. The number of fused-ring (bicyclic) bond motifs is 1. The molecule has 0 radical (unpaired) electrons. The normalized spacial score (nSPS) is 11.2. The lowest BCUT2D eigenvalue weighted by molar-refractivity contribution is 0.820. The molecule has 0 spiro atoms. The van der Waals surface area contributed by atoms with Crippen LogP contribution in [0.5, 0.6) is 0 Å². The SMILES string of the molecule is Cc1nc(C(C)C)cc2c(N)nccc12. The summed E-state index contributed by atoms with van der Waals surface area (Å²) in [6, 6.07) is 3.99. The van der Waals surface area contributed by atoms with Crippen LogP contribution in [0.2, 0.25) is 0 Å². The topological polar surface area (TPSA) is 51.8 Å². The highest BCUT2D eigenvalue weighted by Crippen LogP contribution is 2.24. The minimum atomic E-state index is 0.410. The molecule has 15 heavy (non-hydrogen) atoms. The van der Waals surface area contributed by atoms with Crippen molar-refractivity contribution in [1.29, 1.82) is 0 Å². The standard InChI is InChI=1S/C12H15N3/c1-7(2)11-6-10-9(8(3)15-11)4-5-14-12(10)13/h4-7H,1-3H3,(H2,13,14). The van der Waals surface area contributed by atoms with Crippen molar-refractivity contribution in [2.45, 2.75) is 26.7 Å². The van der Waals surface area contributed by atoms with Gasteiger partial charge in [0.1, 0.15) is 5.82 Å². The molecule has 78 valence electrons. The summed E-state index contributed by atoms with van der Waals surface area (Å²) in [6.07, 6.45) is 1.72. The number of aryl methyl sites for hydroxylation is 1. The number of aromatic nitrogens is 2. The summed E-state index contributed by atoms with van der Waals surface area (Å²) in [5.41, 5.74) is 7.94. The van der Waals surface area contributed by atoms with Gasteiger partial charge in [0, 0.05) is 28.4 Å². The summed E-state index contributed by atoms with van der Waals surface area (Å²) in [4.78, 5) is 8.66. The fourth-order valence-corrected chi connectivity index (χ4v) is 1.69.